The van der Waals surface area contributed by atoms with E-state index in [1.54, 1.807) is 31.2 Å². The van der Waals surface area contributed by atoms with Crippen LogP contribution in [0.4, 0.5) is 0 Å². The quantitative estimate of drug-likeness (QED) is 0.729. The summed E-state index contributed by atoms with van der Waals surface area (Å²) in [4.78, 5) is 24.3. The van der Waals surface area contributed by atoms with E-state index in [0.717, 1.165) is 11.1 Å². The topological polar surface area (TPSA) is 67.4 Å². The molecule has 0 bridgehead atoms. The van der Waals surface area contributed by atoms with Crippen LogP contribution < -0.4 is 15.6 Å². The van der Waals surface area contributed by atoms with Crippen molar-refractivity contribution in [3.05, 3.63) is 62.6 Å². The molecule has 1 atom stereocenters. The summed E-state index contributed by atoms with van der Waals surface area (Å²) in [6.45, 7) is 5.50. The van der Waals surface area contributed by atoms with Gasteiger partial charge in [-0.15, -0.1) is 0 Å². The van der Waals surface area contributed by atoms with Gasteiger partial charge in [0, 0.05) is 4.47 Å². The van der Waals surface area contributed by atoms with Crippen molar-refractivity contribution in [1.82, 2.24) is 10.9 Å². The lowest BCUT2D eigenvalue weighted by Crippen LogP contribution is -2.47. The molecule has 2 N–H and O–H groups in total. The van der Waals surface area contributed by atoms with Crippen molar-refractivity contribution in [2.45, 2.75) is 26.9 Å². The number of nitrogens with one attached hydrogen (secondary N) is 2. The zero-order valence-electron chi connectivity index (χ0n) is 14.0. The van der Waals surface area contributed by atoms with Crippen LogP contribution in [0.3, 0.4) is 0 Å². The molecule has 1 unspecified atom stereocenters. The number of hydrogen-bond donors (Lipinski definition) is 2. The third-order valence-electron chi connectivity index (χ3n) is 3.70. The standard InChI is InChI=1S/C18H18BrClN2O3/c1-10-5-4-6-16(11(10)2)25-12(3)17(23)21-22-18(24)14-9-13(19)7-8-15(14)20/h4-9,12H,1-3H3,(H,21,23)(H,22,24). The van der Waals surface area contributed by atoms with Crippen molar-refractivity contribution in [2.75, 3.05) is 0 Å². The van der Waals surface area contributed by atoms with E-state index in [2.05, 4.69) is 26.8 Å². The summed E-state index contributed by atoms with van der Waals surface area (Å²) in [7, 11) is 0. The number of hydrazine groups is 1. The Hall–Kier alpha value is -2.05. The average Bonchev–Trinajstić information content (AvgIpc) is 2.58. The lowest BCUT2D eigenvalue weighted by Gasteiger charge is -2.17. The number of rotatable bonds is 4. The molecular weight excluding hydrogens is 408 g/mol. The Morgan fingerprint density at radius 3 is 2.60 bits per heavy atom. The highest BCUT2D eigenvalue weighted by molar-refractivity contribution is 9.10. The van der Waals surface area contributed by atoms with E-state index in [4.69, 9.17) is 16.3 Å². The van der Waals surface area contributed by atoms with Crippen LogP contribution in [0.1, 0.15) is 28.4 Å². The average molecular weight is 426 g/mol. The van der Waals surface area contributed by atoms with E-state index in [0.29, 0.717) is 10.2 Å². The van der Waals surface area contributed by atoms with Crippen molar-refractivity contribution in [3.8, 4) is 5.75 Å². The first-order valence-corrected chi connectivity index (χ1v) is 8.75. The minimum absolute atomic E-state index is 0.249. The van der Waals surface area contributed by atoms with Gasteiger partial charge in [0.2, 0.25) is 0 Å². The van der Waals surface area contributed by atoms with Gasteiger partial charge in [-0.3, -0.25) is 20.4 Å². The summed E-state index contributed by atoms with van der Waals surface area (Å²) in [6.07, 6.45) is -0.779. The van der Waals surface area contributed by atoms with Gasteiger partial charge < -0.3 is 4.74 Å². The van der Waals surface area contributed by atoms with Crippen molar-refractivity contribution in [3.63, 3.8) is 0 Å². The molecule has 0 aliphatic heterocycles. The second kappa shape index (κ2) is 8.36. The third kappa shape index (κ3) is 4.96. The smallest absolute Gasteiger partial charge is 0.279 e. The molecule has 0 spiro atoms. The largest absolute Gasteiger partial charge is 0.481 e. The molecule has 0 aliphatic rings. The van der Waals surface area contributed by atoms with E-state index in [1.165, 1.54) is 0 Å². The molecule has 2 rings (SSSR count). The van der Waals surface area contributed by atoms with Gasteiger partial charge in [-0.1, -0.05) is 39.7 Å². The summed E-state index contributed by atoms with van der Waals surface area (Å²) >= 11 is 9.26. The van der Waals surface area contributed by atoms with Crippen molar-refractivity contribution in [1.29, 1.82) is 0 Å². The highest BCUT2D eigenvalue weighted by atomic mass is 79.9. The molecule has 7 heteroatoms. The molecule has 0 radical (unpaired) electrons. The van der Waals surface area contributed by atoms with Crippen molar-refractivity contribution >= 4 is 39.3 Å². The summed E-state index contributed by atoms with van der Waals surface area (Å²) in [6, 6.07) is 10.5. The van der Waals surface area contributed by atoms with Crippen LogP contribution in [-0.2, 0) is 4.79 Å². The number of ether oxygens (including phenoxy) is 1. The minimum Gasteiger partial charge on any atom is -0.481 e. The Labute approximate surface area is 159 Å². The predicted molar refractivity (Wildman–Crippen MR) is 101 cm³/mol. The van der Waals surface area contributed by atoms with E-state index in [-0.39, 0.29) is 10.6 Å². The Morgan fingerprint density at radius 1 is 1.16 bits per heavy atom. The van der Waals surface area contributed by atoms with Gasteiger partial charge in [0.15, 0.2) is 6.10 Å². The fourth-order valence-electron chi connectivity index (χ4n) is 2.05. The van der Waals surface area contributed by atoms with Crippen LogP contribution in [0.15, 0.2) is 40.9 Å². The Morgan fingerprint density at radius 2 is 1.88 bits per heavy atom. The van der Waals surface area contributed by atoms with E-state index < -0.39 is 17.9 Å². The fraction of sp³-hybridized carbons (Fsp3) is 0.222. The number of aryl methyl sites for hydroxylation is 1. The van der Waals surface area contributed by atoms with Crippen LogP contribution in [0.25, 0.3) is 0 Å². The molecule has 132 valence electrons. The van der Waals surface area contributed by atoms with Crippen LogP contribution in [0, 0.1) is 13.8 Å². The van der Waals surface area contributed by atoms with Crippen LogP contribution in [0.5, 0.6) is 5.75 Å². The molecule has 2 amide bonds. The minimum atomic E-state index is -0.779. The lowest BCUT2D eigenvalue weighted by atomic mass is 10.1. The third-order valence-corrected chi connectivity index (χ3v) is 4.52. The van der Waals surface area contributed by atoms with E-state index in [1.807, 2.05) is 26.0 Å². The second-order valence-electron chi connectivity index (χ2n) is 5.53. The van der Waals surface area contributed by atoms with Crippen molar-refractivity contribution in [2.24, 2.45) is 0 Å². The maximum atomic E-state index is 12.1. The van der Waals surface area contributed by atoms with Gasteiger partial charge in [-0.2, -0.15) is 0 Å². The maximum Gasteiger partial charge on any atom is 0.279 e. The number of benzene rings is 2. The second-order valence-corrected chi connectivity index (χ2v) is 6.85. The SMILES string of the molecule is Cc1cccc(OC(C)C(=O)NNC(=O)c2cc(Br)ccc2Cl)c1C. The first-order chi connectivity index (χ1) is 11.8. The van der Waals surface area contributed by atoms with Crippen molar-refractivity contribution < 1.29 is 14.3 Å². The van der Waals surface area contributed by atoms with Gasteiger partial charge in [0.1, 0.15) is 5.75 Å². The highest BCUT2D eigenvalue weighted by Crippen LogP contribution is 2.22. The predicted octanol–water partition coefficient (Wildman–Crippen LogP) is 3.95. The molecule has 0 saturated carbocycles. The number of amides is 2. The van der Waals surface area contributed by atoms with Gasteiger partial charge in [0.25, 0.3) is 11.8 Å². The zero-order chi connectivity index (χ0) is 18.6. The lowest BCUT2D eigenvalue weighted by molar-refractivity contribution is -0.128. The Balaban J connectivity index is 1.96. The molecule has 2 aromatic rings. The summed E-state index contributed by atoms with van der Waals surface area (Å²) < 4.78 is 6.38. The highest BCUT2D eigenvalue weighted by Gasteiger charge is 2.18. The number of carbonyl (C=O) groups is 2. The zero-order valence-corrected chi connectivity index (χ0v) is 16.4. The maximum absolute atomic E-state index is 12.1. The molecule has 0 aromatic heterocycles. The first-order valence-electron chi connectivity index (χ1n) is 7.57. The molecule has 0 saturated heterocycles. The fourth-order valence-corrected chi connectivity index (χ4v) is 2.62. The molecule has 2 aromatic carbocycles. The van der Waals surface area contributed by atoms with Gasteiger partial charge >= 0.3 is 0 Å². The molecule has 5 nitrogen and oxygen atoms in total. The molecule has 0 fully saturated rings. The number of hydrogen-bond acceptors (Lipinski definition) is 3. The monoisotopic (exact) mass is 424 g/mol. The summed E-state index contributed by atoms with van der Waals surface area (Å²) in [5, 5.41) is 0.287. The van der Waals surface area contributed by atoms with Gasteiger partial charge in [-0.05, 0) is 56.2 Å². The Kier molecular flexibility index (Phi) is 6.45. The Bertz CT molecular complexity index is 811. The van der Waals surface area contributed by atoms with Crippen LogP contribution >= 0.6 is 27.5 Å². The van der Waals surface area contributed by atoms with E-state index in [9.17, 15) is 9.59 Å². The van der Waals surface area contributed by atoms with Gasteiger partial charge in [0.05, 0.1) is 10.6 Å². The molecular formula is C18H18BrClN2O3. The van der Waals surface area contributed by atoms with Crippen LogP contribution in [-0.4, -0.2) is 17.9 Å². The molecule has 0 aliphatic carbocycles. The first kappa shape index (κ1) is 19.3. The summed E-state index contributed by atoms with van der Waals surface area (Å²) in [5.74, 6) is -0.358. The van der Waals surface area contributed by atoms with E-state index >= 15 is 0 Å². The van der Waals surface area contributed by atoms with Crippen LogP contribution in [0.2, 0.25) is 5.02 Å². The molecule has 25 heavy (non-hydrogen) atoms. The molecule has 0 heterocycles. The van der Waals surface area contributed by atoms with Gasteiger partial charge in [-0.25, -0.2) is 0 Å². The number of carbonyl (C=O) groups excluding carboxylic acids is 2. The summed E-state index contributed by atoms with van der Waals surface area (Å²) in [5.41, 5.74) is 6.97. The number of halogens is 2. The normalized spacial score (nSPS) is 11.6.